The Balaban J connectivity index is 1.48. The number of aryl methyl sites for hydroxylation is 2. The Morgan fingerprint density at radius 2 is 1.75 bits per heavy atom. The van der Waals surface area contributed by atoms with Crippen LogP contribution in [0.25, 0.3) is 28.0 Å². The second kappa shape index (κ2) is 9.58. The highest BCUT2D eigenvalue weighted by Gasteiger charge is 2.19. The number of hydrogen-bond acceptors (Lipinski definition) is 4. The number of ether oxygens (including phenoxy) is 1. The highest BCUT2D eigenvalue weighted by Crippen LogP contribution is 2.33. The second-order valence-electron chi connectivity index (χ2n) is 8.41. The molecule has 0 atom stereocenters. The molecular weight excluding hydrogens is 462 g/mol. The third-order valence-corrected chi connectivity index (χ3v) is 5.66. The van der Waals surface area contributed by atoms with Crippen LogP contribution >= 0.6 is 0 Å². The van der Waals surface area contributed by atoms with E-state index < -0.39 is 17.5 Å². The van der Waals surface area contributed by atoms with Crippen LogP contribution in [0.5, 0.6) is 5.88 Å². The quantitative estimate of drug-likeness (QED) is 0.321. The average molecular weight is 485 g/mol. The van der Waals surface area contributed by atoms with Gasteiger partial charge in [0.15, 0.2) is 23.9 Å². The first kappa shape index (κ1) is 23.2. The Morgan fingerprint density at radius 1 is 0.944 bits per heavy atom. The molecule has 0 aliphatic rings. The zero-order valence-electron chi connectivity index (χ0n) is 19.6. The van der Waals surface area contributed by atoms with Crippen molar-refractivity contribution in [2.45, 2.75) is 13.8 Å². The van der Waals surface area contributed by atoms with Crippen molar-refractivity contribution in [1.82, 2.24) is 14.8 Å². The molecule has 0 fully saturated rings. The van der Waals surface area contributed by atoms with Crippen LogP contribution in [0.3, 0.4) is 0 Å². The lowest BCUT2D eigenvalue weighted by Gasteiger charge is -2.09. The molecule has 36 heavy (non-hydrogen) atoms. The molecule has 0 saturated heterocycles. The van der Waals surface area contributed by atoms with E-state index in [4.69, 9.17) is 9.84 Å². The van der Waals surface area contributed by atoms with Crippen LogP contribution in [0.1, 0.15) is 11.1 Å². The summed E-state index contributed by atoms with van der Waals surface area (Å²) in [5.74, 6) is -2.32. The lowest BCUT2D eigenvalue weighted by molar-refractivity contribution is -0.118. The number of halogens is 2. The van der Waals surface area contributed by atoms with Crippen molar-refractivity contribution in [1.29, 1.82) is 0 Å². The van der Waals surface area contributed by atoms with E-state index in [2.05, 4.69) is 16.4 Å². The first-order chi connectivity index (χ1) is 17.4. The normalized spacial score (nSPS) is 11.0. The fraction of sp³-hybridized carbons (Fsp3) is 0.107. The largest absolute Gasteiger partial charge is 0.467 e. The highest BCUT2D eigenvalue weighted by molar-refractivity contribution is 5.95. The predicted octanol–water partition coefficient (Wildman–Crippen LogP) is 6.00. The van der Waals surface area contributed by atoms with Crippen LogP contribution in [0, 0.1) is 25.5 Å². The first-order valence-electron chi connectivity index (χ1n) is 11.3. The lowest BCUT2D eigenvalue weighted by Crippen LogP contribution is -2.20. The lowest BCUT2D eigenvalue weighted by atomic mass is 10.0. The van der Waals surface area contributed by atoms with Crippen molar-refractivity contribution in [2.75, 3.05) is 11.9 Å². The number of pyridine rings is 1. The van der Waals surface area contributed by atoms with Crippen molar-refractivity contribution >= 4 is 22.6 Å². The molecular formula is C28H22F2N4O2. The minimum absolute atomic E-state index is 0.132. The topological polar surface area (TPSA) is 69.0 Å². The van der Waals surface area contributed by atoms with Crippen molar-refractivity contribution < 1.29 is 18.3 Å². The third-order valence-electron chi connectivity index (χ3n) is 5.66. The maximum Gasteiger partial charge on any atom is 0.262 e. The number of rotatable bonds is 6. The van der Waals surface area contributed by atoms with Crippen LogP contribution in [-0.2, 0) is 4.79 Å². The fourth-order valence-electron chi connectivity index (χ4n) is 4.00. The molecule has 6 nitrogen and oxygen atoms in total. The van der Waals surface area contributed by atoms with Crippen LogP contribution < -0.4 is 10.1 Å². The molecule has 2 aromatic heterocycles. The monoisotopic (exact) mass is 484 g/mol. The van der Waals surface area contributed by atoms with E-state index in [9.17, 15) is 13.6 Å². The number of anilines is 1. The molecule has 5 rings (SSSR count). The summed E-state index contributed by atoms with van der Waals surface area (Å²) in [6.45, 7) is 3.61. The van der Waals surface area contributed by atoms with Crippen LogP contribution in [-0.4, -0.2) is 27.3 Å². The molecule has 0 unspecified atom stereocenters. The van der Waals surface area contributed by atoms with Crippen LogP contribution in [0.15, 0.2) is 78.9 Å². The molecule has 0 aliphatic heterocycles. The van der Waals surface area contributed by atoms with E-state index >= 15 is 0 Å². The number of para-hydroxylation sites is 1. The number of benzene rings is 3. The molecule has 5 aromatic rings. The molecule has 3 aromatic carbocycles. The Hall–Kier alpha value is -4.59. The molecule has 0 aliphatic carbocycles. The van der Waals surface area contributed by atoms with E-state index in [1.165, 1.54) is 6.07 Å². The molecule has 1 N–H and O–H groups in total. The molecule has 2 heterocycles. The van der Waals surface area contributed by atoms with Crippen molar-refractivity contribution in [3.05, 3.63) is 102 Å². The summed E-state index contributed by atoms with van der Waals surface area (Å²) in [7, 11) is 0. The van der Waals surface area contributed by atoms with E-state index in [0.717, 1.165) is 45.6 Å². The predicted molar refractivity (Wildman–Crippen MR) is 134 cm³/mol. The summed E-state index contributed by atoms with van der Waals surface area (Å²) in [6.07, 6.45) is 0. The number of nitrogens with one attached hydrogen (secondary N) is 1. The molecule has 0 radical (unpaired) electrons. The molecule has 0 bridgehead atoms. The average Bonchev–Trinajstić information content (AvgIpc) is 3.26. The maximum absolute atomic E-state index is 13.4. The maximum atomic E-state index is 13.4. The minimum Gasteiger partial charge on any atom is -0.467 e. The number of fused-ring (bicyclic) bond motifs is 1. The highest BCUT2D eigenvalue weighted by atomic mass is 19.2. The second-order valence-corrected chi connectivity index (χ2v) is 8.41. The van der Waals surface area contributed by atoms with Gasteiger partial charge in [0, 0.05) is 23.4 Å². The first-order valence-corrected chi connectivity index (χ1v) is 11.3. The number of carbonyl (C=O) groups is 1. The Morgan fingerprint density at radius 3 is 2.50 bits per heavy atom. The van der Waals surface area contributed by atoms with E-state index in [1.807, 2.05) is 62.4 Å². The van der Waals surface area contributed by atoms with E-state index in [-0.39, 0.29) is 18.2 Å². The van der Waals surface area contributed by atoms with Gasteiger partial charge in [0.05, 0.1) is 11.1 Å². The zero-order valence-corrected chi connectivity index (χ0v) is 19.6. The zero-order chi connectivity index (χ0) is 25.2. The Bertz CT molecular complexity index is 1580. The van der Waals surface area contributed by atoms with Gasteiger partial charge in [-0.1, -0.05) is 42.0 Å². The molecule has 0 spiro atoms. The van der Waals surface area contributed by atoms with Gasteiger partial charge in [0.1, 0.15) is 5.69 Å². The van der Waals surface area contributed by atoms with E-state index in [0.29, 0.717) is 5.65 Å². The summed E-state index contributed by atoms with van der Waals surface area (Å²) in [5, 5.41) is 8.25. The summed E-state index contributed by atoms with van der Waals surface area (Å²) < 4.78 is 34.0. The number of hydrogen-bond donors (Lipinski definition) is 1. The summed E-state index contributed by atoms with van der Waals surface area (Å²) in [6, 6.07) is 22.6. The molecule has 8 heteroatoms. The number of amides is 1. The van der Waals surface area contributed by atoms with Gasteiger partial charge in [-0.05, 0) is 49.7 Å². The standard InChI is InChI=1S/C28H22F2N4O2/c1-17-7-6-8-19(13-17)27-26-18(2)14-25(32-28(26)34(33-27)21-9-4-3-5-10-21)36-16-24(35)31-20-11-12-22(29)23(30)15-20/h3-15H,16H2,1-2H3,(H,31,35). The molecule has 1 amide bonds. The summed E-state index contributed by atoms with van der Waals surface area (Å²) in [5.41, 5.74) is 5.33. The van der Waals surface area contributed by atoms with Crippen molar-refractivity contribution in [2.24, 2.45) is 0 Å². The van der Waals surface area contributed by atoms with Gasteiger partial charge in [-0.25, -0.2) is 13.5 Å². The van der Waals surface area contributed by atoms with Crippen LogP contribution in [0.4, 0.5) is 14.5 Å². The Kier molecular flexibility index (Phi) is 6.16. The van der Waals surface area contributed by atoms with E-state index in [1.54, 1.807) is 10.7 Å². The van der Waals surface area contributed by atoms with Gasteiger partial charge in [0.25, 0.3) is 5.91 Å². The minimum atomic E-state index is -1.05. The number of nitrogens with zero attached hydrogens (tertiary/aromatic N) is 3. The SMILES string of the molecule is Cc1cccc(-c2nn(-c3ccccc3)c3nc(OCC(=O)Nc4ccc(F)c(F)c4)cc(C)c23)c1. The van der Waals surface area contributed by atoms with Gasteiger partial charge in [-0.15, -0.1) is 0 Å². The smallest absolute Gasteiger partial charge is 0.262 e. The third kappa shape index (κ3) is 4.65. The number of carbonyl (C=O) groups excluding carboxylic acids is 1. The Labute approximate surface area is 206 Å². The molecule has 0 saturated carbocycles. The summed E-state index contributed by atoms with van der Waals surface area (Å²) in [4.78, 5) is 17.0. The number of aromatic nitrogens is 3. The van der Waals surface area contributed by atoms with Gasteiger partial charge in [-0.2, -0.15) is 10.1 Å². The fourth-order valence-corrected chi connectivity index (χ4v) is 4.00. The van der Waals surface area contributed by atoms with Crippen molar-refractivity contribution in [3.63, 3.8) is 0 Å². The van der Waals surface area contributed by atoms with Gasteiger partial charge in [-0.3, -0.25) is 4.79 Å². The van der Waals surface area contributed by atoms with Crippen molar-refractivity contribution in [3.8, 4) is 22.8 Å². The van der Waals surface area contributed by atoms with Gasteiger partial charge < -0.3 is 10.1 Å². The van der Waals surface area contributed by atoms with Gasteiger partial charge >= 0.3 is 0 Å². The summed E-state index contributed by atoms with van der Waals surface area (Å²) >= 11 is 0. The molecule has 180 valence electrons. The van der Waals surface area contributed by atoms with Gasteiger partial charge in [0.2, 0.25) is 5.88 Å². The van der Waals surface area contributed by atoms with Crippen LogP contribution in [0.2, 0.25) is 0 Å².